The molecule has 0 bridgehead atoms. The minimum Gasteiger partial charge on any atom is -1.00 e. The first-order valence-electron chi connectivity index (χ1n) is 10.7. The molecule has 0 spiro atoms. The SMILES string of the molecule is CCC(=O)CC(=O)c1ccc(OC)c(C(F)(F)F)c1.COc1ccc(C(C)=O)cc1C(F)(F)F.[2H]CF.[H-].[Na+]. The number of hydrogen-bond donors (Lipinski definition) is 0. The Bertz CT molecular complexity index is 1080. The van der Waals surface area contributed by atoms with Crippen LogP contribution in [0.15, 0.2) is 36.4 Å². The summed E-state index contributed by atoms with van der Waals surface area (Å²) in [6, 6.07) is 6.24. The molecule has 202 valence electrons. The molecule has 0 aliphatic rings. The molecule has 0 amide bonds. The predicted molar refractivity (Wildman–Crippen MR) is 118 cm³/mol. The van der Waals surface area contributed by atoms with E-state index in [0.717, 1.165) is 32.4 Å². The largest absolute Gasteiger partial charge is 1.00 e. The molecule has 0 heterocycles. The van der Waals surface area contributed by atoms with Crippen molar-refractivity contribution < 1.29 is 86.9 Å². The van der Waals surface area contributed by atoms with Crippen LogP contribution < -0.4 is 39.0 Å². The number of Topliss-reactive ketones (excluding diaryl/α,β-unsaturated/α-hetero) is 3. The van der Waals surface area contributed by atoms with Crippen LogP contribution in [0, 0.1) is 0 Å². The summed E-state index contributed by atoms with van der Waals surface area (Å²) in [7, 11) is 1.27. The summed E-state index contributed by atoms with van der Waals surface area (Å²) in [6.45, 7) is 2.80. The number of halogens is 7. The average Bonchev–Trinajstić information content (AvgIpc) is 2.82. The minimum atomic E-state index is -4.61. The third-order valence-corrected chi connectivity index (χ3v) is 4.49. The van der Waals surface area contributed by atoms with Crippen molar-refractivity contribution in [3.05, 3.63) is 58.7 Å². The number of ketones is 3. The second-order valence-electron chi connectivity index (χ2n) is 6.87. The zero-order valence-electron chi connectivity index (χ0n) is 22.8. The second-order valence-corrected chi connectivity index (χ2v) is 6.87. The number of carbonyl (C=O) groups excluding carboxylic acids is 3. The van der Waals surface area contributed by atoms with Gasteiger partial charge < -0.3 is 10.9 Å². The molecule has 2 aromatic rings. The quantitative estimate of drug-likeness (QED) is 0.226. The first kappa shape index (κ1) is 34.6. The predicted octanol–water partition coefficient (Wildman–Crippen LogP) is 3.88. The van der Waals surface area contributed by atoms with Gasteiger partial charge in [-0.1, -0.05) is 6.92 Å². The van der Waals surface area contributed by atoms with Gasteiger partial charge in [-0.2, -0.15) is 26.3 Å². The molecule has 0 saturated carbocycles. The van der Waals surface area contributed by atoms with Crippen LogP contribution in [0.2, 0.25) is 0 Å². The zero-order chi connectivity index (χ0) is 29.0. The number of benzene rings is 2. The van der Waals surface area contributed by atoms with Gasteiger partial charge in [-0.3, -0.25) is 18.8 Å². The van der Waals surface area contributed by atoms with E-state index in [2.05, 4.69) is 9.47 Å². The molecule has 5 nitrogen and oxygen atoms in total. The fraction of sp³-hybridized carbons (Fsp3) is 0.375. The van der Waals surface area contributed by atoms with Gasteiger partial charge in [0.1, 0.15) is 17.3 Å². The molecular weight excluding hydrogens is 524 g/mol. The number of ether oxygens (including phenoxy) is 2. The van der Waals surface area contributed by atoms with Gasteiger partial charge in [-0.15, -0.1) is 0 Å². The van der Waals surface area contributed by atoms with Crippen molar-refractivity contribution in [1.82, 2.24) is 0 Å². The van der Waals surface area contributed by atoms with Gasteiger partial charge >= 0.3 is 41.9 Å². The Labute approximate surface area is 234 Å². The van der Waals surface area contributed by atoms with E-state index in [0.29, 0.717) is 6.07 Å². The van der Waals surface area contributed by atoms with Crippen LogP contribution in [0.4, 0.5) is 30.7 Å². The van der Waals surface area contributed by atoms with Crippen LogP contribution in [0.5, 0.6) is 11.5 Å². The van der Waals surface area contributed by atoms with E-state index in [1.54, 1.807) is 6.92 Å². The van der Waals surface area contributed by atoms with E-state index in [1.807, 2.05) is 0 Å². The molecule has 13 heteroatoms. The summed E-state index contributed by atoms with van der Waals surface area (Å²) < 4.78 is 100. The number of methoxy groups -OCH3 is 2. The summed E-state index contributed by atoms with van der Waals surface area (Å²) in [5.41, 5.74) is -2.08. The average molecular weight is 551 g/mol. The van der Waals surface area contributed by atoms with Crippen molar-refractivity contribution in [2.75, 3.05) is 21.4 Å². The Morgan fingerprint density at radius 1 is 0.865 bits per heavy atom. The first-order chi connectivity index (χ1) is 17.1. The maximum Gasteiger partial charge on any atom is 1.00 e. The monoisotopic (exact) mass is 551 g/mol. The van der Waals surface area contributed by atoms with Crippen molar-refractivity contribution in [1.29, 1.82) is 0 Å². The van der Waals surface area contributed by atoms with Gasteiger partial charge in [0.15, 0.2) is 11.6 Å². The smallest absolute Gasteiger partial charge is 1.00 e. The summed E-state index contributed by atoms with van der Waals surface area (Å²) in [6.07, 6.45) is -9.35. The van der Waals surface area contributed by atoms with Gasteiger partial charge in [0.05, 0.1) is 40.3 Å². The van der Waals surface area contributed by atoms with Crippen LogP contribution in [0.3, 0.4) is 0 Å². The molecular formula is C24H26F7NaO5. The summed E-state index contributed by atoms with van der Waals surface area (Å²) >= 11 is 0. The molecule has 0 radical (unpaired) electrons. The molecule has 0 N–H and O–H groups in total. The fourth-order valence-electron chi connectivity index (χ4n) is 2.66. The van der Waals surface area contributed by atoms with Crippen LogP contribution in [0.1, 0.15) is 61.3 Å². The van der Waals surface area contributed by atoms with Gasteiger partial charge in [-0.25, -0.2) is 0 Å². The van der Waals surface area contributed by atoms with Gasteiger partial charge in [-0.05, 0) is 43.3 Å². The Morgan fingerprint density at radius 2 is 1.24 bits per heavy atom. The van der Waals surface area contributed by atoms with E-state index >= 15 is 0 Å². The Kier molecular flexibility index (Phi) is 15.3. The number of rotatable bonds is 7. The van der Waals surface area contributed by atoms with Crippen molar-refractivity contribution in [2.45, 2.75) is 39.0 Å². The fourth-order valence-corrected chi connectivity index (χ4v) is 2.66. The maximum atomic E-state index is 12.7. The van der Waals surface area contributed by atoms with Gasteiger partial charge in [0.25, 0.3) is 0 Å². The van der Waals surface area contributed by atoms with Crippen LogP contribution in [-0.4, -0.2) is 38.7 Å². The molecule has 2 rings (SSSR count). The van der Waals surface area contributed by atoms with Gasteiger partial charge in [0, 0.05) is 17.5 Å². The summed E-state index contributed by atoms with van der Waals surface area (Å²) in [4.78, 5) is 33.7. The molecule has 0 unspecified atom stereocenters. The van der Waals surface area contributed by atoms with Crippen LogP contribution in [-0.2, 0) is 17.1 Å². The van der Waals surface area contributed by atoms with E-state index in [9.17, 15) is 45.1 Å². The molecule has 0 aliphatic heterocycles. The molecule has 37 heavy (non-hydrogen) atoms. The summed E-state index contributed by atoms with van der Waals surface area (Å²) in [5, 5.41) is 0. The molecule has 0 saturated heterocycles. The second kappa shape index (κ2) is 16.4. The number of alkyl halides is 7. The summed E-state index contributed by atoms with van der Waals surface area (Å²) in [5.74, 6) is -1.99. The minimum absolute atomic E-state index is 0. The van der Waals surface area contributed by atoms with E-state index < -0.39 is 42.2 Å². The molecule has 0 fully saturated rings. The number of hydrogen-bond acceptors (Lipinski definition) is 5. The van der Waals surface area contributed by atoms with E-state index in [4.69, 9.17) is 1.37 Å². The topological polar surface area (TPSA) is 69.7 Å². The van der Waals surface area contributed by atoms with E-state index in [-0.39, 0.29) is 72.2 Å². The normalized spacial score (nSPS) is 10.8. The van der Waals surface area contributed by atoms with Crippen molar-refractivity contribution >= 4 is 17.3 Å². The molecule has 0 aromatic heterocycles. The zero-order valence-corrected chi connectivity index (χ0v) is 22.8. The van der Waals surface area contributed by atoms with Crippen molar-refractivity contribution in [2.24, 2.45) is 0 Å². The maximum absolute atomic E-state index is 12.7. The van der Waals surface area contributed by atoms with Gasteiger partial charge in [0.2, 0.25) is 0 Å². The Hall–Kier alpha value is -2.44. The third-order valence-electron chi connectivity index (χ3n) is 4.49. The Balaban J connectivity index is -0.000000587. The first-order valence-corrected chi connectivity index (χ1v) is 9.98. The molecule has 2 aromatic carbocycles. The molecule has 0 aliphatic carbocycles. The standard InChI is InChI=1S/C13H13F3O3.C10H9F3O2.CH3F.Na.H/c1-3-9(17)7-11(18)8-4-5-12(19-2)10(6-8)13(14,15)16;1-6(14)7-3-4-9(15-2)8(5-7)10(11,12)13;1-2;;/h4-6H,3,7H2,1-2H3;3-5H,1-2H3;1H3;;/q;;;+1;-1/i;;1D;;. The van der Waals surface area contributed by atoms with Crippen molar-refractivity contribution in [3.8, 4) is 11.5 Å². The third kappa shape index (κ3) is 11.7. The van der Waals surface area contributed by atoms with E-state index in [1.165, 1.54) is 19.1 Å². The van der Waals surface area contributed by atoms with Crippen LogP contribution in [0.25, 0.3) is 0 Å². The van der Waals surface area contributed by atoms with Crippen LogP contribution >= 0.6 is 0 Å². The molecule has 0 atom stereocenters. The van der Waals surface area contributed by atoms with Crippen molar-refractivity contribution in [3.63, 3.8) is 0 Å². The number of carbonyl (C=O) groups is 3. The Morgan fingerprint density at radius 3 is 1.57 bits per heavy atom.